The molecule has 3 rings (SSSR count). The van der Waals surface area contributed by atoms with E-state index in [2.05, 4.69) is 57.9 Å². The average molecular weight is 299 g/mol. The molecular formula is C17H21N3S. The molecule has 0 aliphatic carbocycles. The van der Waals surface area contributed by atoms with Crippen molar-refractivity contribution in [3.8, 4) is 0 Å². The van der Waals surface area contributed by atoms with E-state index >= 15 is 0 Å². The van der Waals surface area contributed by atoms with Crippen LogP contribution in [0, 0.1) is 0 Å². The predicted molar refractivity (Wildman–Crippen MR) is 90.0 cm³/mol. The maximum absolute atomic E-state index is 4.83. The van der Waals surface area contributed by atoms with Gasteiger partial charge in [0.25, 0.3) is 0 Å². The van der Waals surface area contributed by atoms with Crippen LogP contribution in [0.15, 0.2) is 41.1 Å². The molecule has 2 heterocycles. The van der Waals surface area contributed by atoms with Crippen LogP contribution >= 0.6 is 11.3 Å². The zero-order chi connectivity index (χ0) is 14.7. The lowest BCUT2D eigenvalue weighted by Crippen LogP contribution is -2.31. The highest BCUT2D eigenvalue weighted by molar-refractivity contribution is 7.07. The number of rotatable bonds is 6. The van der Waals surface area contributed by atoms with Gasteiger partial charge in [-0.15, -0.1) is 0 Å². The number of fused-ring (bicyclic) bond motifs is 1. The third-order valence-electron chi connectivity index (χ3n) is 3.95. The molecule has 2 aromatic heterocycles. The molecule has 1 N–H and O–H groups in total. The second-order valence-corrected chi connectivity index (χ2v) is 6.07. The maximum Gasteiger partial charge on any atom is 0.111 e. The van der Waals surface area contributed by atoms with Crippen molar-refractivity contribution in [2.24, 2.45) is 0 Å². The van der Waals surface area contributed by atoms with Crippen molar-refractivity contribution >= 4 is 22.4 Å². The van der Waals surface area contributed by atoms with E-state index in [1.807, 2.05) is 7.05 Å². The number of likely N-dealkylation sites (N-methyl/N-ethyl adjacent to an activating group) is 1. The average Bonchev–Trinajstić information content (AvgIpc) is 3.13. The van der Waals surface area contributed by atoms with Crippen LogP contribution in [0.3, 0.4) is 0 Å². The highest BCUT2D eigenvalue weighted by atomic mass is 32.1. The van der Waals surface area contributed by atoms with Crippen molar-refractivity contribution in [2.75, 3.05) is 7.05 Å². The Labute approximate surface area is 129 Å². The topological polar surface area (TPSA) is 29.9 Å². The van der Waals surface area contributed by atoms with Crippen LogP contribution in [0.2, 0.25) is 0 Å². The fourth-order valence-corrected chi connectivity index (χ4v) is 3.51. The molecule has 3 nitrogen and oxygen atoms in total. The van der Waals surface area contributed by atoms with Crippen LogP contribution in [-0.4, -0.2) is 22.6 Å². The summed E-state index contributed by atoms with van der Waals surface area (Å²) >= 11 is 1.76. The van der Waals surface area contributed by atoms with Crippen LogP contribution in [-0.2, 0) is 19.4 Å². The lowest BCUT2D eigenvalue weighted by molar-refractivity contribution is 0.530. The van der Waals surface area contributed by atoms with Gasteiger partial charge in [0.2, 0.25) is 0 Å². The SMILES string of the molecule is CCn1c(CC(Cc2ccsc2)NC)nc2ccccc21. The smallest absolute Gasteiger partial charge is 0.111 e. The summed E-state index contributed by atoms with van der Waals surface area (Å²) in [5.41, 5.74) is 3.73. The first kappa shape index (κ1) is 14.3. The van der Waals surface area contributed by atoms with Gasteiger partial charge in [-0.1, -0.05) is 12.1 Å². The second kappa shape index (κ2) is 6.41. The van der Waals surface area contributed by atoms with Gasteiger partial charge < -0.3 is 9.88 Å². The fraction of sp³-hybridized carbons (Fsp3) is 0.353. The third kappa shape index (κ3) is 3.01. The van der Waals surface area contributed by atoms with Gasteiger partial charge >= 0.3 is 0 Å². The molecule has 0 aliphatic heterocycles. The maximum atomic E-state index is 4.83. The van der Waals surface area contributed by atoms with Gasteiger partial charge in [-0.25, -0.2) is 4.98 Å². The van der Waals surface area contributed by atoms with Gasteiger partial charge in [0.15, 0.2) is 0 Å². The summed E-state index contributed by atoms with van der Waals surface area (Å²) in [6.07, 6.45) is 2.00. The quantitative estimate of drug-likeness (QED) is 0.755. The monoisotopic (exact) mass is 299 g/mol. The number of nitrogens with one attached hydrogen (secondary N) is 1. The van der Waals surface area contributed by atoms with E-state index in [-0.39, 0.29) is 0 Å². The summed E-state index contributed by atoms with van der Waals surface area (Å²) in [5.74, 6) is 1.17. The zero-order valence-electron chi connectivity index (χ0n) is 12.5. The van der Waals surface area contributed by atoms with Gasteiger partial charge in [0, 0.05) is 19.0 Å². The van der Waals surface area contributed by atoms with Crippen LogP contribution in [0.1, 0.15) is 18.3 Å². The lowest BCUT2D eigenvalue weighted by atomic mass is 10.1. The minimum absolute atomic E-state index is 0.418. The van der Waals surface area contributed by atoms with Crippen molar-refractivity contribution in [3.05, 3.63) is 52.5 Å². The van der Waals surface area contributed by atoms with Gasteiger partial charge in [0.05, 0.1) is 11.0 Å². The normalized spacial score (nSPS) is 12.9. The Hall–Kier alpha value is -1.65. The largest absolute Gasteiger partial charge is 0.328 e. The van der Waals surface area contributed by atoms with Gasteiger partial charge in [-0.3, -0.25) is 0 Å². The molecule has 0 fully saturated rings. The standard InChI is InChI=1S/C17H21N3S/c1-3-20-16-7-5-4-6-15(16)19-17(20)11-14(18-2)10-13-8-9-21-12-13/h4-9,12,14,18H,3,10-11H2,1-2H3. The summed E-state index contributed by atoms with van der Waals surface area (Å²) in [7, 11) is 2.04. The highest BCUT2D eigenvalue weighted by Gasteiger charge is 2.15. The molecule has 0 radical (unpaired) electrons. The minimum atomic E-state index is 0.418. The number of aryl methyl sites for hydroxylation is 1. The highest BCUT2D eigenvalue weighted by Crippen LogP contribution is 2.18. The first-order valence-electron chi connectivity index (χ1n) is 7.44. The first-order valence-corrected chi connectivity index (χ1v) is 8.38. The summed E-state index contributed by atoms with van der Waals surface area (Å²) in [6.45, 7) is 3.15. The number of benzene rings is 1. The van der Waals surface area contributed by atoms with Crippen LogP contribution in [0.25, 0.3) is 11.0 Å². The third-order valence-corrected chi connectivity index (χ3v) is 4.68. The Balaban J connectivity index is 1.85. The van der Waals surface area contributed by atoms with E-state index in [1.165, 1.54) is 16.9 Å². The molecule has 0 saturated heterocycles. The van der Waals surface area contributed by atoms with E-state index in [4.69, 9.17) is 4.98 Å². The summed E-state index contributed by atoms with van der Waals surface area (Å²) in [4.78, 5) is 4.83. The van der Waals surface area contributed by atoms with Crippen molar-refractivity contribution in [1.29, 1.82) is 0 Å². The number of thiophene rings is 1. The molecule has 4 heteroatoms. The molecule has 0 amide bonds. The van der Waals surface area contributed by atoms with Crippen LogP contribution in [0.4, 0.5) is 0 Å². The second-order valence-electron chi connectivity index (χ2n) is 5.29. The Kier molecular flexibility index (Phi) is 4.36. The molecular weight excluding hydrogens is 278 g/mol. The van der Waals surface area contributed by atoms with Crippen LogP contribution in [0.5, 0.6) is 0 Å². The number of aromatic nitrogens is 2. The predicted octanol–water partition coefficient (Wildman–Crippen LogP) is 3.49. The molecule has 110 valence electrons. The molecule has 1 unspecified atom stereocenters. The molecule has 1 aromatic carbocycles. The molecule has 0 aliphatic rings. The molecule has 1 atom stereocenters. The number of hydrogen-bond donors (Lipinski definition) is 1. The van der Waals surface area contributed by atoms with E-state index in [9.17, 15) is 0 Å². The molecule has 0 spiro atoms. The minimum Gasteiger partial charge on any atom is -0.328 e. The van der Waals surface area contributed by atoms with E-state index in [1.54, 1.807) is 11.3 Å². The summed E-state index contributed by atoms with van der Waals surface area (Å²) < 4.78 is 2.33. The van der Waals surface area contributed by atoms with Crippen molar-refractivity contribution in [3.63, 3.8) is 0 Å². The summed E-state index contributed by atoms with van der Waals surface area (Å²) in [6, 6.07) is 11.0. The van der Waals surface area contributed by atoms with E-state index in [0.29, 0.717) is 6.04 Å². The lowest BCUT2D eigenvalue weighted by Gasteiger charge is -2.16. The van der Waals surface area contributed by atoms with Crippen molar-refractivity contribution in [1.82, 2.24) is 14.9 Å². The number of para-hydroxylation sites is 2. The fourth-order valence-electron chi connectivity index (χ4n) is 2.82. The molecule has 3 aromatic rings. The van der Waals surface area contributed by atoms with Crippen LogP contribution < -0.4 is 5.32 Å². The molecule has 0 bridgehead atoms. The van der Waals surface area contributed by atoms with E-state index < -0.39 is 0 Å². The summed E-state index contributed by atoms with van der Waals surface area (Å²) in [5, 5.41) is 7.81. The Morgan fingerprint density at radius 3 is 2.81 bits per heavy atom. The van der Waals surface area contributed by atoms with Crippen molar-refractivity contribution in [2.45, 2.75) is 32.4 Å². The van der Waals surface area contributed by atoms with Crippen molar-refractivity contribution < 1.29 is 0 Å². The Morgan fingerprint density at radius 2 is 2.10 bits per heavy atom. The molecule has 0 saturated carbocycles. The number of nitrogens with zero attached hydrogens (tertiary/aromatic N) is 2. The molecule has 21 heavy (non-hydrogen) atoms. The first-order chi connectivity index (χ1) is 10.3. The number of hydrogen-bond acceptors (Lipinski definition) is 3. The van der Waals surface area contributed by atoms with E-state index in [0.717, 1.165) is 24.9 Å². The Bertz CT molecular complexity index is 700. The number of imidazole rings is 1. The van der Waals surface area contributed by atoms with Gasteiger partial charge in [0.1, 0.15) is 5.82 Å². The van der Waals surface area contributed by atoms with Gasteiger partial charge in [-0.05, 0) is 54.9 Å². The zero-order valence-corrected chi connectivity index (χ0v) is 13.4. The Morgan fingerprint density at radius 1 is 1.24 bits per heavy atom. The van der Waals surface area contributed by atoms with Gasteiger partial charge in [-0.2, -0.15) is 11.3 Å².